The van der Waals surface area contributed by atoms with Crippen LogP contribution in [0.4, 0.5) is 0 Å². The van der Waals surface area contributed by atoms with E-state index in [4.69, 9.17) is 0 Å². The van der Waals surface area contributed by atoms with Crippen LogP contribution in [-0.4, -0.2) is 30.2 Å². The van der Waals surface area contributed by atoms with E-state index in [1.807, 2.05) is 7.05 Å². The van der Waals surface area contributed by atoms with Gasteiger partial charge in [0.15, 0.2) is 0 Å². The zero-order chi connectivity index (χ0) is 12.5. The van der Waals surface area contributed by atoms with Gasteiger partial charge in [-0.25, -0.2) is 4.58 Å². The fraction of sp³-hybridized carbons (Fsp3) is 0.867. The fourth-order valence-electron chi connectivity index (χ4n) is 2.69. The first-order valence-electron chi connectivity index (χ1n) is 7.30. The molecule has 0 N–H and O–H groups in total. The number of carbonyl (C=O) groups is 1. The van der Waals surface area contributed by atoms with Crippen LogP contribution >= 0.6 is 0 Å². The molecule has 1 atom stereocenters. The molecule has 1 heterocycles. The molecular formula is C15H28NO+. The Morgan fingerprint density at radius 3 is 2.47 bits per heavy atom. The molecule has 1 unspecified atom stereocenters. The third-order valence-corrected chi connectivity index (χ3v) is 3.62. The summed E-state index contributed by atoms with van der Waals surface area (Å²) in [7, 11) is 2.01. The Morgan fingerprint density at radius 1 is 1.18 bits per heavy atom. The van der Waals surface area contributed by atoms with Crippen LogP contribution in [0.2, 0.25) is 0 Å². The molecule has 1 aliphatic heterocycles. The Hall–Kier alpha value is -0.660. The van der Waals surface area contributed by atoms with Crippen molar-refractivity contribution < 1.29 is 9.37 Å². The summed E-state index contributed by atoms with van der Waals surface area (Å²) < 4.78 is 2.05. The van der Waals surface area contributed by atoms with Gasteiger partial charge < -0.3 is 0 Å². The van der Waals surface area contributed by atoms with E-state index in [2.05, 4.69) is 11.5 Å². The van der Waals surface area contributed by atoms with Gasteiger partial charge in [0.05, 0.1) is 0 Å². The van der Waals surface area contributed by atoms with Gasteiger partial charge in [0.2, 0.25) is 12.0 Å². The zero-order valence-corrected chi connectivity index (χ0v) is 11.6. The first-order chi connectivity index (χ1) is 8.22. The second-order valence-electron chi connectivity index (χ2n) is 5.52. The van der Waals surface area contributed by atoms with Crippen molar-refractivity contribution in [3.05, 3.63) is 0 Å². The van der Waals surface area contributed by atoms with Gasteiger partial charge in [0.1, 0.15) is 13.6 Å². The van der Waals surface area contributed by atoms with E-state index in [-0.39, 0.29) is 0 Å². The zero-order valence-electron chi connectivity index (χ0n) is 11.6. The summed E-state index contributed by atoms with van der Waals surface area (Å²) in [4.78, 5) is 11.4. The average molecular weight is 238 g/mol. The van der Waals surface area contributed by atoms with Crippen LogP contribution in [0.5, 0.6) is 0 Å². The van der Waals surface area contributed by atoms with E-state index >= 15 is 0 Å². The molecule has 0 fully saturated rings. The first kappa shape index (κ1) is 14.4. The molecule has 0 amide bonds. The SMILES string of the molecule is CCCCCCCCCC1CC(=O)C=[N+](C)C1. The second-order valence-corrected chi connectivity index (χ2v) is 5.52. The molecule has 0 saturated heterocycles. The van der Waals surface area contributed by atoms with E-state index in [0.29, 0.717) is 11.7 Å². The van der Waals surface area contributed by atoms with Gasteiger partial charge in [0.25, 0.3) is 0 Å². The van der Waals surface area contributed by atoms with E-state index < -0.39 is 0 Å². The standard InChI is InChI=1S/C15H28NO/c1-3-4-5-6-7-8-9-10-14-11-15(17)13-16(2)12-14/h13-14H,3-12H2,1-2H3/q+1. The highest BCUT2D eigenvalue weighted by Gasteiger charge is 2.23. The van der Waals surface area contributed by atoms with Crippen LogP contribution in [-0.2, 0) is 4.79 Å². The molecule has 0 spiro atoms. The summed E-state index contributed by atoms with van der Waals surface area (Å²) in [6.07, 6.45) is 13.3. The number of nitrogens with zero attached hydrogens (tertiary/aromatic N) is 1. The third-order valence-electron chi connectivity index (χ3n) is 3.62. The molecule has 0 aromatic rings. The third kappa shape index (κ3) is 6.60. The van der Waals surface area contributed by atoms with Crippen molar-refractivity contribution in [1.82, 2.24) is 0 Å². The maximum absolute atomic E-state index is 11.4. The first-order valence-corrected chi connectivity index (χ1v) is 7.30. The molecule has 0 aromatic carbocycles. The number of Topliss-reactive ketones (excluding diaryl/α,β-unsaturated/α-hetero) is 1. The van der Waals surface area contributed by atoms with Crippen molar-refractivity contribution in [2.24, 2.45) is 5.92 Å². The fourth-order valence-corrected chi connectivity index (χ4v) is 2.69. The minimum atomic E-state index is 0.312. The molecule has 0 radical (unpaired) electrons. The lowest BCUT2D eigenvalue weighted by molar-refractivity contribution is -0.502. The van der Waals surface area contributed by atoms with Gasteiger partial charge in [0, 0.05) is 12.3 Å². The van der Waals surface area contributed by atoms with E-state index in [0.717, 1.165) is 13.0 Å². The van der Waals surface area contributed by atoms with Gasteiger partial charge in [-0.3, -0.25) is 4.79 Å². The largest absolute Gasteiger partial charge is 0.288 e. The molecular weight excluding hydrogens is 210 g/mol. The van der Waals surface area contributed by atoms with Crippen molar-refractivity contribution in [1.29, 1.82) is 0 Å². The Bertz CT molecular complexity index is 258. The van der Waals surface area contributed by atoms with Crippen LogP contribution < -0.4 is 0 Å². The Labute approximate surface area is 106 Å². The number of unbranched alkanes of at least 4 members (excludes halogenated alkanes) is 6. The minimum absolute atomic E-state index is 0.312. The molecule has 2 nitrogen and oxygen atoms in total. The molecule has 2 heteroatoms. The molecule has 0 bridgehead atoms. The Kier molecular flexibility index (Phi) is 7.14. The summed E-state index contributed by atoms with van der Waals surface area (Å²) in [5, 5.41) is 0. The van der Waals surface area contributed by atoms with Crippen LogP contribution in [0.3, 0.4) is 0 Å². The van der Waals surface area contributed by atoms with Crippen LogP contribution in [0, 0.1) is 5.92 Å². The van der Waals surface area contributed by atoms with Crippen molar-refractivity contribution in [3.8, 4) is 0 Å². The van der Waals surface area contributed by atoms with Crippen LogP contribution in [0.15, 0.2) is 0 Å². The highest BCUT2D eigenvalue weighted by atomic mass is 16.1. The Balaban J connectivity index is 2.00. The highest BCUT2D eigenvalue weighted by Crippen LogP contribution is 2.17. The van der Waals surface area contributed by atoms with Crippen LogP contribution in [0.25, 0.3) is 0 Å². The Morgan fingerprint density at radius 2 is 1.82 bits per heavy atom. The molecule has 0 aliphatic carbocycles. The van der Waals surface area contributed by atoms with Gasteiger partial charge in [-0.15, -0.1) is 0 Å². The van der Waals surface area contributed by atoms with E-state index in [1.165, 1.54) is 51.4 Å². The van der Waals surface area contributed by atoms with Gasteiger partial charge in [-0.05, 0) is 6.42 Å². The second kappa shape index (κ2) is 8.43. The topological polar surface area (TPSA) is 20.1 Å². The predicted octanol–water partition coefficient (Wildman–Crippen LogP) is 3.43. The molecule has 98 valence electrons. The summed E-state index contributed by atoms with van der Waals surface area (Å²) in [5.74, 6) is 0.917. The predicted molar refractivity (Wildman–Crippen MR) is 72.8 cm³/mol. The van der Waals surface area contributed by atoms with Gasteiger partial charge in [-0.1, -0.05) is 51.9 Å². The van der Waals surface area contributed by atoms with Gasteiger partial charge >= 0.3 is 0 Å². The van der Waals surface area contributed by atoms with E-state index in [9.17, 15) is 4.79 Å². The van der Waals surface area contributed by atoms with E-state index in [1.54, 1.807) is 6.21 Å². The summed E-state index contributed by atoms with van der Waals surface area (Å²) in [6, 6.07) is 0. The highest BCUT2D eigenvalue weighted by molar-refractivity contribution is 6.25. The normalized spacial score (nSPS) is 20.5. The lowest BCUT2D eigenvalue weighted by Gasteiger charge is -2.15. The quantitative estimate of drug-likeness (QED) is 0.468. The molecule has 0 aromatic heterocycles. The maximum Gasteiger partial charge on any atom is 0.218 e. The van der Waals surface area contributed by atoms with Crippen LogP contribution in [0.1, 0.15) is 64.7 Å². The summed E-state index contributed by atoms with van der Waals surface area (Å²) >= 11 is 0. The smallest absolute Gasteiger partial charge is 0.218 e. The van der Waals surface area contributed by atoms with Crippen molar-refractivity contribution >= 4 is 12.0 Å². The minimum Gasteiger partial charge on any atom is -0.288 e. The number of hydrogen-bond acceptors (Lipinski definition) is 1. The van der Waals surface area contributed by atoms with Gasteiger partial charge in [-0.2, -0.15) is 0 Å². The lowest BCUT2D eigenvalue weighted by atomic mass is 9.93. The van der Waals surface area contributed by atoms with Crippen molar-refractivity contribution in [2.75, 3.05) is 13.6 Å². The number of carbonyl (C=O) groups excluding carboxylic acids is 1. The molecule has 17 heavy (non-hydrogen) atoms. The molecule has 1 aliphatic rings. The number of hydrogen-bond donors (Lipinski definition) is 0. The average Bonchev–Trinajstić information content (AvgIpc) is 2.26. The number of ketones is 1. The van der Waals surface area contributed by atoms with Crippen molar-refractivity contribution in [2.45, 2.75) is 64.7 Å². The lowest BCUT2D eigenvalue weighted by Crippen LogP contribution is -2.29. The van der Waals surface area contributed by atoms with Crippen molar-refractivity contribution in [3.63, 3.8) is 0 Å². The summed E-state index contributed by atoms with van der Waals surface area (Å²) in [5.41, 5.74) is 0. The molecule has 0 saturated carbocycles. The molecule has 1 rings (SSSR count). The summed E-state index contributed by atoms with van der Waals surface area (Å²) in [6.45, 7) is 3.33. The monoisotopic (exact) mass is 238 g/mol. The number of rotatable bonds is 8. The maximum atomic E-state index is 11.4.